The molecule has 2 N–H and O–H groups in total. The molecule has 27 heavy (non-hydrogen) atoms. The van der Waals surface area contributed by atoms with Crippen molar-refractivity contribution in [2.24, 2.45) is 0 Å². The van der Waals surface area contributed by atoms with E-state index in [0.717, 1.165) is 48.2 Å². The molecule has 6 heteroatoms. The lowest BCUT2D eigenvalue weighted by Crippen LogP contribution is -2.39. The lowest BCUT2D eigenvalue weighted by atomic mass is 10.0. The molecule has 4 rings (SSSR count). The van der Waals surface area contributed by atoms with E-state index in [1.807, 2.05) is 31.2 Å². The number of anilines is 1. The molecule has 0 aliphatic carbocycles. The summed E-state index contributed by atoms with van der Waals surface area (Å²) in [5.74, 6) is 0.273. The second-order valence-corrected chi connectivity index (χ2v) is 7.15. The number of likely N-dealkylation sites (tertiary alicyclic amines) is 1. The smallest absolute Gasteiger partial charge is 0.238 e. The number of H-pyrrole nitrogens is 1. The fourth-order valence-electron chi connectivity index (χ4n) is 3.73. The summed E-state index contributed by atoms with van der Waals surface area (Å²) in [6.07, 6.45) is 3.10. The van der Waals surface area contributed by atoms with Crippen molar-refractivity contribution in [2.45, 2.75) is 32.2 Å². The van der Waals surface area contributed by atoms with Crippen LogP contribution < -0.4 is 5.32 Å². The third-order valence-electron chi connectivity index (χ3n) is 5.08. The van der Waals surface area contributed by atoms with Crippen LogP contribution in [0.1, 0.15) is 36.7 Å². The molecule has 1 unspecified atom stereocenters. The third-order valence-corrected chi connectivity index (χ3v) is 5.08. The SMILES string of the molecule is Cc1ccc(F)c(NC(=O)CN2CCCCC2c2nc3ccccc3[nH]2)c1. The average molecular weight is 366 g/mol. The zero-order chi connectivity index (χ0) is 18.8. The first-order valence-electron chi connectivity index (χ1n) is 9.35. The van der Waals surface area contributed by atoms with E-state index in [-0.39, 0.29) is 24.2 Å². The van der Waals surface area contributed by atoms with Crippen molar-refractivity contribution in [1.29, 1.82) is 0 Å². The Kier molecular flexibility index (Phi) is 4.90. The van der Waals surface area contributed by atoms with Crippen LogP contribution in [-0.4, -0.2) is 33.9 Å². The van der Waals surface area contributed by atoms with Crippen molar-refractivity contribution in [2.75, 3.05) is 18.4 Å². The molecule has 1 aliphatic rings. The number of hydrogen-bond acceptors (Lipinski definition) is 3. The third kappa shape index (κ3) is 3.85. The Hall–Kier alpha value is -2.73. The number of rotatable bonds is 4. The fraction of sp³-hybridized carbons (Fsp3) is 0.333. The van der Waals surface area contributed by atoms with Crippen molar-refractivity contribution < 1.29 is 9.18 Å². The number of aryl methyl sites for hydroxylation is 1. The monoisotopic (exact) mass is 366 g/mol. The summed E-state index contributed by atoms with van der Waals surface area (Å²) >= 11 is 0. The molecule has 0 radical (unpaired) electrons. The number of nitrogens with zero attached hydrogens (tertiary/aromatic N) is 2. The van der Waals surface area contributed by atoms with E-state index in [4.69, 9.17) is 4.98 Å². The number of para-hydroxylation sites is 2. The van der Waals surface area contributed by atoms with Gasteiger partial charge in [-0.3, -0.25) is 9.69 Å². The van der Waals surface area contributed by atoms with E-state index < -0.39 is 5.82 Å². The van der Waals surface area contributed by atoms with E-state index in [9.17, 15) is 9.18 Å². The topological polar surface area (TPSA) is 61.0 Å². The van der Waals surface area contributed by atoms with Crippen molar-refractivity contribution >= 4 is 22.6 Å². The van der Waals surface area contributed by atoms with Gasteiger partial charge in [0.1, 0.15) is 11.6 Å². The van der Waals surface area contributed by atoms with Crippen LogP contribution in [0, 0.1) is 12.7 Å². The van der Waals surface area contributed by atoms with Crippen molar-refractivity contribution in [1.82, 2.24) is 14.9 Å². The summed E-state index contributed by atoms with van der Waals surface area (Å²) in [7, 11) is 0. The van der Waals surface area contributed by atoms with Crippen LogP contribution in [0.3, 0.4) is 0 Å². The van der Waals surface area contributed by atoms with Gasteiger partial charge in [0.05, 0.1) is 29.3 Å². The van der Waals surface area contributed by atoms with Gasteiger partial charge in [-0.15, -0.1) is 0 Å². The molecule has 1 saturated heterocycles. The number of amides is 1. The summed E-state index contributed by atoms with van der Waals surface area (Å²) in [5, 5.41) is 2.71. The van der Waals surface area contributed by atoms with Crippen LogP contribution in [0.5, 0.6) is 0 Å². The average Bonchev–Trinajstić information content (AvgIpc) is 3.09. The number of aromatic nitrogens is 2. The predicted molar refractivity (Wildman–Crippen MR) is 104 cm³/mol. The van der Waals surface area contributed by atoms with Gasteiger partial charge in [0.2, 0.25) is 5.91 Å². The second-order valence-electron chi connectivity index (χ2n) is 7.15. The quantitative estimate of drug-likeness (QED) is 0.728. The Bertz CT molecular complexity index is 935. The van der Waals surface area contributed by atoms with Gasteiger partial charge in [-0.1, -0.05) is 24.6 Å². The van der Waals surface area contributed by atoms with E-state index in [1.54, 1.807) is 12.1 Å². The van der Waals surface area contributed by atoms with Crippen molar-refractivity contribution in [3.8, 4) is 0 Å². The first-order chi connectivity index (χ1) is 13.1. The number of imidazole rings is 1. The minimum absolute atomic E-state index is 0.0688. The molecule has 0 saturated carbocycles. The molecule has 1 atom stereocenters. The van der Waals surface area contributed by atoms with Crippen LogP contribution >= 0.6 is 0 Å². The highest BCUT2D eigenvalue weighted by Gasteiger charge is 2.28. The number of piperidine rings is 1. The summed E-state index contributed by atoms with van der Waals surface area (Å²) in [6, 6.07) is 12.7. The molecular weight excluding hydrogens is 343 g/mol. The lowest BCUT2D eigenvalue weighted by Gasteiger charge is -2.33. The zero-order valence-electron chi connectivity index (χ0n) is 15.3. The van der Waals surface area contributed by atoms with E-state index in [2.05, 4.69) is 15.2 Å². The van der Waals surface area contributed by atoms with Gasteiger partial charge in [0, 0.05) is 0 Å². The van der Waals surface area contributed by atoms with Gasteiger partial charge >= 0.3 is 0 Å². The maximum Gasteiger partial charge on any atom is 0.238 e. The number of aromatic amines is 1. The molecule has 0 spiro atoms. The maximum absolute atomic E-state index is 13.9. The van der Waals surface area contributed by atoms with Gasteiger partial charge in [-0.2, -0.15) is 0 Å². The predicted octanol–water partition coefficient (Wildman–Crippen LogP) is 4.18. The summed E-state index contributed by atoms with van der Waals surface area (Å²) in [6.45, 7) is 2.91. The summed E-state index contributed by atoms with van der Waals surface area (Å²) < 4.78 is 13.9. The van der Waals surface area contributed by atoms with Crippen LogP contribution in [0.2, 0.25) is 0 Å². The Morgan fingerprint density at radius 3 is 3.00 bits per heavy atom. The van der Waals surface area contributed by atoms with Crippen LogP contribution in [-0.2, 0) is 4.79 Å². The van der Waals surface area contributed by atoms with Gasteiger partial charge in [-0.05, 0) is 56.1 Å². The minimum Gasteiger partial charge on any atom is -0.341 e. The Morgan fingerprint density at radius 1 is 1.30 bits per heavy atom. The molecule has 1 aliphatic heterocycles. The number of carbonyl (C=O) groups is 1. The summed E-state index contributed by atoms with van der Waals surface area (Å²) in [4.78, 5) is 22.8. The molecule has 3 aromatic rings. The fourth-order valence-corrected chi connectivity index (χ4v) is 3.73. The summed E-state index contributed by atoms with van der Waals surface area (Å²) in [5.41, 5.74) is 3.08. The number of fused-ring (bicyclic) bond motifs is 1. The largest absolute Gasteiger partial charge is 0.341 e. The molecule has 2 aromatic carbocycles. The molecule has 2 heterocycles. The minimum atomic E-state index is -0.415. The first kappa shape index (κ1) is 17.7. The molecule has 5 nitrogen and oxygen atoms in total. The molecular formula is C21H23FN4O. The highest BCUT2D eigenvalue weighted by molar-refractivity contribution is 5.92. The van der Waals surface area contributed by atoms with E-state index >= 15 is 0 Å². The number of nitrogens with one attached hydrogen (secondary N) is 2. The van der Waals surface area contributed by atoms with Crippen molar-refractivity contribution in [3.05, 3.63) is 59.7 Å². The van der Waals surface area contributed by atoms with Crippen LogP contribution in [0.25, 0.3) is 11.0 Å². The Balaban J connectivity index is 1.50. The maximum atomic E-state index is 13.9. The zero-order valence-corrected chi connectivity index (χ0v) is 15.3. The number of halogens is 1. The second kappa shape index (κ2) is 7.48. The number of hydrogen-bond donors (Lipinski definition) is 2. The molecule has 140 valence electrons. The molecule has 1 fully saturated rings. The van der Waals surface area contributed by atoms with Crippen LogP contribution in [0.15, 0.2) is 42.5 Å². The van der Waals surface area contributed by atoms with Gasteiger partial charge < -0.3 is 10.3 Å². The van der Waals surface area contributed by atoms with E-state index in [0.29, 0.717) is 0 Å². The van der Waals surface area contributed by atoms with Crippen LogP contribution in [0.4, 0.5) is 10.1 Å². The lowest BCUT2D eigenvalue weighted by molar-refractivity contribution is -0.118. The molecule has 1 amide bonds. The first-order valence-corrected chi connectivity index (χ1v) is 9.35. The van der Waals surface area contributed by atoms with Gasteiger partial charge in [0.15, 0.2) is 0 Å². The van der Waals surface area contributed by atoms with Gasteiger partial charge in [-0.25, -0.2) is 9.37 Å². The Morgan fingerprint density at radius 2 is 2.15 bits per heavy atom. The number of benzene rings is 2. The number of carbonyl (C=O) groups excluding carboxylic acids is 1. The van der Waals surface area contributed by atoms with E-state index in [1.165, 1.54) is 6.07 Å². The Labute approximate surface area is 157 Å². The van der Waals surface area contributed by atoms with Crippen molar-refractivity contribution in [3.63, 3.8) is 0 Å². The molecule has 1 aromatic heterocycles. The normalized spacial score (nSPS) is 17.9. The van der Waals surface area contributed by atoms with Gasteiger partial charge in [0.25, 0.3) is 0 Å². The highest BCUT2D eigenvalue weighted by atomic mass is 19.1. The molecule has 0 bridgehead atoms. The standard InChI is InChI=1S/C21H23FN4O/c1-14-9-10-15(22)18(12-14)23-20(27)13-26-11-5-4-8-19(26)21-24-16-6-2-3-7-17(16)25-21/h2-3,6-7,9-10,12,19H,4-5,8,11,13H2,1H3,(H,23,27)(H,24,25). The highest BCUT2D eigenvalue weighted by Crippen LogP contribution is 2.30.